The van der Waals surface area contributed by atoms with Crippen LogP contribution in [0.25, 0.3) is 0 Å². The van der Waals surface area contributed by atoms with Crippen LogP contribution in [0.5, 0.6) is 0 Å². The van der Waals surface area contributed by atoms with Crippen LogP contribution in [-0.4, -0.2) is 35.1 Å². The van der Waals surface area contributed by atoms with Crippen LogP contribution >= 0.6 is 11.8 Å². The van der Waals surface area contributed by atoms with E-state index in [1.165, 1.54) is 0 Å². The minimum absolute atomic E-state index is 0.330. The number of hydrogen-bond acceptors (Lipinski definition) is 6. The van der Waals surface area contributed by atoms with Gasteiger partial charge in [0.25, 0.3) is 5.89 Å². The maximum Gasteiger partial charge on any atom is 0.252 e. The smallest absolute Gasteiger partial charge is 0.252 e. The fraction of sp³-hybridized carbons (Fsp3) is 0.818. The molecule has 0 atom stereocenters. The Balaban J connectivity index is 1.72. The highest BCUT2D eigenvalue weighted by Gasteiger charge is 2.15. The number of aromatic nitrogens is 2. The molecule has 5 nitrogen and oxygen atoms in total. The van der Waals surface area contributed by atoms with Crippen molar-refractivity contribution >= 4 is 11.8 Å². The standard InChI is InChI=1S/C11H19N3O2S/c1-2-17-8-10-13-11(16-14-10)7-15-9-3-5-12-6-4-9/h9,12H,2-8H2,1H3. The van der Waals surface area contributed by atoms with E-state index in [0.29, 0.717) is 18.6 Å². The number of nitrogens with zero attached hydrogens (tertiary/aromatic N) is 2. The Morgan fingerprint density at radius 3 is 3.06 bits per heavy atom. The van der Waals surface area contributed by atoms with Crippen molar-refractivity contribution in [2.75, 3.05) is 18.8 Å². The highest BCUT2D eigenvalue weighted by Crippen LogP contribution is 2.12. The van der Waals surface area contributed by atoms with Crippen molar-refractivity contribution < 1.29 is 9.26 Å². The molecule has 1 aliphatic heterocycles. The maximum absolute atomic E-state index is 5.74. The summed E-state index contributed by atoms with van der Waals surface area (Å²) in [4.78, 5) is 4.29. The van der Waals surface area contributed by atoms with E-state index in [0.717, 1.165) is 43.3 Å². The van der Waals surface area contributed by atoms with Crippen molar-refractivity contribution in [1.29, 1.82) is 0 Å². The average Bonchev–Trinajstić information content (AvgIpc) is 2.83. The number of thioether (sulfide) groups is 1. The summed E-state index contributed by atoms with van der Waals surface area (Å²) >= 11 is 1.79. The first kappa shape index (κ1) is 12.9. The topological polar surface area (TPSA) is 60.2 Å². The molecule has 0 amide bonds. The van der Waals surface area contributed by atoms with Crippen LogP contribution in [0.1, 0.15) is 31.5 Å². The lowest BCUT2D eigenvalue weighted by Crippen LogP contribution is -2.32. The van der Waals surface area contributed by atoms with Gasteiger partial charge in [-0.1, -0.05) is 12.1 Å². The molecule has 1 aromatic heterocycles. The zero-order valence-corrected chi connectivity index (χ0v) is 11.0. The molecular formula is C11H19N3O2S. The van der Waals surface area contributed by atoms with Gasteiger partial charge in [-0.05, 0) is 31.7 Å². The third kappa shape index (κ3) is 4.29. The van der Waals surface area contributed by atoms with Gasteiger partial charge in [-0.15, -0.1) is 0 Å². The van der Waals surface area contributed by atoms with E-state index in [-0.39, 0.29) is 0 Å². The van der Waals surface area contributed by atoms with E-state index in [1.807, 2.05) is 0 Å². The molecule has 0 aromatic carbocycles. The van der Waals surface area contributed by atoms with Gasteiger partial charge in [0, 0.05) is 0 Å². The van der Waals surface area contributed by atoms with Crippen LogP contribution in [-0.2, 0) is 17.1 Å². The van der Waals surface area contributed by atoms with Gasteiger partial charge in [-0.25, -0.2) is 0 Å². The van der Waals surface area contributed by atoms with Crippen LogP contribution < -0.4 is 5.32 Å². The summed E-state index contributed by atoms with van der Waals surface area (Å²) in [6.07, 6.45) is 2.45. The molecule has 1 aromatic rings. The quantitative estimate of drug-likeness (QED) is 0.835. The van der Waals surface area contributed by atoms with Crippen molar-refractivity contribution in [3.05, 3.63) is 11.7 Å². The van der Waals surface area contributed by atoms with Crippen LogP contribution in [0, 0.1) is 0 Å². The molecule has 0 saturated carbocycles. The molecule has 2 heterocycles. The van der Waals surface area contributed by atoms with Gasteiger partial charge in [0.1, 0.15) is 6.61 Å². The number of nitrogens with one attached hydrogen (secondary N) is 1. The van der Waals surface area contributed by atoms with Crippen molar-refractivity contribution in [1.82, 2.24) is 15.5 Å². The molecule has 0 radical (unpaired) electrons. The Morgan fingerprint density at radius 1 is 1.47 bits per heavy atom. The molecule has 17 heavy (non-hydrogen) atoms. The lowest BCUT2D eigenvalue weighted by molar-refractivity contribution is 0.00859. The normalized spacial score (nSPS) is 17.5. The molecular weight excluding hydrogens is 238 g/mol. The highest BCUT2D eigenvalue weighted by molar-refractivity contribution is 7.98. The van der Waals surface area contributed by atoms with Crippen molar-refractivity contribution in [3.63, 3.8) is 0 Å². The first-order valence-electron chi connectivity index (χ1n) is 6.10. The summed E-state index contributed by atoms with van der Waals surface area (Å²) < 4.78 is 10.9. The molecule has 1 saturated heterocycles. The van der Waals surface area contributed by atoms with Gasteiger partial charge in [0.2, 0.25) is 0 Å². The van der Waals surface area contributed by atoms with Crippen LogP contribution in [0.15, 0.2) is 4.52 Å². The third-order valence-corrected chi connectivity index (χ3v) is 3.54. The van der Waals surface area contributed by atoms with E-state index in [9.17, 15) is 0 Å². The van der Waals surface area contributed by atoms with E-state index in [4.69, 9.17) is 9.26 Å². The molecule has 0 unspecified atom stereocenters. The van der Waals surface area contributed by atoms with Crippen LogP contribution in [0.3, 0.4) is 0 Å². The molecule has 1 N–H and O–H groups in total. The Kier molecular flexibility index (Phi) is 5.28. The highest BCUT2D eigenvalue weighted by atomic mass is 32.2. The first-order chi connectivity index (χ1) is 8.38. The van der Waals surface area contributed by atoms with Gasteiger partial charge in [0.15, 0.2) is 5.82 Å². The van der Waals surface area contributed by atoms with E-state index in [2.05, 4.69) is 22.4 Å². The second-order valence-electron chi connectivity index (χ2n) is 4.00. The maximum atomic E-state index is 5.74. The van der Waals surface area contributed by atoms with Crippen molar-refractivity contribution in [2.45, 2.75) is 38.2 Å². The lowest BCUT2D eigenvalue weighted by Gasteiger charge is -2.21. The van der Waals surface area contributed by atoms with Gasteiger partial charge in [-0.3, -0.25) is 0 Å². The zero-order valence-electron chi connectivity index (χ0n) is 10.1. The predicted molar refractivity (Wildman–Crippen MR) is 66.8 cm³/mol. The van der Waals surface area contributed by atoms with Gasteiger partial charge in [0.05, 0.1) is 11.9 Å². The first-order valence-corrected chi connectivity index (χ1v) is 7.25. The summed E-state index contributed by atoms with van der Waals surface area (Å²) in [5.41, 5.74) is 0. The molecule has 1 fully saturated rings. The molecule has 2 rings (SSSR count). The van der Waals surface area contributed by atoms with Crippen LogP contribution in [0.2, 0.25) is 0 Å². The lowest BCUT2D eigenvalue weighted by atomic mass is 10.1. The number of ether oxygens (including phenoxy) is 1. The zero-order chi connectivity index (χ0) is 11.9. The third-order valence-electron chi connectivity index (χ3n) is 2.67. The molecule has 0 bridgehead atoms. The molecule has 0 spiro atoms. The number of piperidine rings is 1. The predicted octanol–water partition coefficient (Wildman–Crippen LogP) is 1.59. The Morgan fingerprint density at radius 2 is 2.29 bits per heavy atom. The van der Waals surface area contributed by atoms with Crippen molar-refractivity contribution in [3.8, 4) is 0 Å². The summed E-state index contributed by atoms with van der Waals surface area (Å²) in [6.45, 7) is 4.63. The molecule has 6 heteroatoms. The fourth-order valence-corrected chi connectivity index (χ4v) is 2.26. The minimum atomic E-state index is 0.330. The Hall–Kier alpha value is -0.590. The second kappa shape index (κ2) is 6.98. The average molecular weight is 257 g/mol. The molecule has 0 aliphatic carbocycles. The van der Waals surface area contributed by atoms with Crippen molar-refractivity contribution in [2.24, 2.45) is 0 Å². The SMILES string of the molecule is CCSCc1noc(COC2CCNCC2)n1. The van der Waals surface area contributed by atoms with E-state index < -0.39 is 0 Å². The fourth-order valence-electron chi connectivity index (χ4n) is 1.75. The summed E-state index contributed by atoms with van der Waals surface area (Å²) in [7, 11) is 0. The monoisotopic (exact) mass is 257 g/mol. The van der Waals surface area contributed by atoms with E-state index >= 15 is 0 Å². The molecule has 1 aliphatic rings. The Labute approximate surface area is 106 Å². The van der Waals surface area contributed by atoms with Gasteiger partial charge in [-0.2, -0.15) is 16.7 Å². The Bertz CT molecular complexity index is 326. The number of hydrogen-bond donors (Lipinski definition) is 1. The molecule has 96 valence electrons. The summed E-state index contributed by atoms with van der Waals surface area (Å²) in [5.74, 6) is 3.24. The minimum Gasteiger partial charge on any atom is -0.368 e. The number of rotatable bonds is 6. The van der Waals surface area contributed by atoms with Crippen LogP contribution in [0.4, 0.5) is 0 Å². The largest absolute Gasteiger partial charge is 0.368 e. The second-order valence-corrected chi connectivity index (χ2v) is 5.28. The van der Waals surface area contributed by atoms with E-state index in [1.54, 1.807) is 11.8 Å². The van der Waals surface area contributed by atoms with Gasteiger partial charge >= 0.3 is 0 Å². The summed E-state index contributed by atoms with van der Waals surface area (Å²) in [5, 5.41) is 7.22. The summed E-state index contributed by atoms with van der Waals surface area (Å²) in [6, 6.07) is 0. The van der Waals surface area contributed by atoms with Gasteiger partial charge < -0.3 is 14.6 Å².